The van der Waals surface area contributed by atoms with Crippen LogP contribution < -0.4 is 11.0 Å². The van der Waals surface area contributed by atoms with Crippen LogP contribution in [0.3, 0.4) is 0 Å². The van der Waals surface area contributed by atoms with Crippen LogP contribution in [0.2, 0.25) is 0 Å². The highest BCUT2D eigenvalue weighted by Gasteiger charge is 2.30. The first kappa shape index (κ1) is 16.9. The van der Waals surface area contributed by atoms with Crippen LogP contribution in [0, 0.1) is 0 Å². The molecule has 0 bridgehead atoms. The summed E-state index contributed by atoms with van der Waals surface area (Å²) in [4.78, 5) is 15.3. The molecule has 0 atom stereocenters. The van der Waals surface area contributed by atoms with E-state index in [1.807, 2.05) is 6.92 Å². The van der Waals surface area contributed by atoms with Gasteiger partial charge in [0.1, 0.15) is 5.76 Å². The molecule has 1 aromatic carbocycles. The zero-order chi connectivity index (χ0) is 17.0. The molecule has 0 saturated heterocycles. The van der Waals surface area contributed by atoms with Crippen LogP contribution >= 0.6 is 0 Å². The quantitative estimate of drug-likeness (QED) is 0.940. The first-order chi connectivity index (χ1) is 10.8. The summed E-state index contributed by atoms with van der Waals surface area (Å²) < 4.78 is 45.3. The number of urea groups is 1. The number of hydrogen-bond acceptors (Lipinski definition) is 2. The van der Waals surface area contributed by atoms with Crippen molar-refractivity contribution in [3.05, 3.63) is 47.5 Å². The largest absolute Gasteiger partial charge is 0.428 e. The number of rotatable bonds is 3. The summed E-state index contributed by atoms with van der Waals surface area (Å²) in [7, 11) is 0. The molecule has 0 fully saturated rings. The summed E-state index contributed by atoms with van der Waals surface area (Å²) >= 11 is 0. The van der Waals surface area contributed by atoms with Crippen LogP contribution in [0.5, 0.6) is 0 Å². The molecule has 2 aromatic rings. The molecule has 0 saturated carbocycles. The normalized spacial score (nSPS) is 12.5. The predicted molar refractivity (Wildman–Crippen MR) is 77.1 cm³/mol. The number of hydrogen-bond donors (Lipinski definition) is 1. The fourth-order valence-corrected chi connectivity index (χ4v) is 1.93. The average Bonchev–Trinajstić information content (AvgIpc) is 2.89. The van der Waals surface area contributed by atoms with Gasteiger partial charge in [0.25, 0.3) is 0 Å². The maximum atomic E-state index is 12.8. The third-order valence-electron chi connectivity index (χ3n) is 3.03. The summed E-state index contributed by atoms with van der Waals surface area (Å²) in [6.45, 7) is 3.94. The highest BCUT2D eigenvalue weighted by Crippen LogP contribution is 2.30. The SMILES string of the molecule is CCNC(=O)N=c1oc(CC)cn1-c1cccc(C(F)(F)F)c1. The second-order valence-electron chi connectivity index (χ2n) is 4.70. The van der Waals surface area contributed by atoms with E-state index in [-0.39, 0.29) is 11.4 Å². The topological polar surface area (TPSA) is 59.5 Å². The number of carbonyl (C=O) groups is 1. The van der Waals surface area contributed by atoms with E-state index in [0.717, 1.165) is 12.1 Å². The van der Waals surface area contributed by atoms with E-state index in [4.69, 9.17) is 4.42 Å². The first-order valence-corrected chi connectivity index (χ1v) is 7.06. The lowest BCUT2D eigenvalue weighted by molar-refractivity contribution is -0.137. The van der Waals surface area contributed by atoms with Gasteiger partial charge in [-0.15, -0.1) is 4.99 Å². The Bertz CT molecular complexity index is 760. The van der Waals surface area contributed by atoms with E-state index in [1.165, 1.54) is 22.9 Å². The minimum Gasteiger partial charge on any atom is -0.428 e. The molecule has 0 radical (unpaired) electrons. The van der Waals surface area contributed by atoms with Crippen LogP contribution in [0.15, 0.2) is 39.9 Å². The maximum Gasteiger partial charge on any atom is 0.416 e. The minimum atomic E-state index is -4.45. The molecule has 1 heterocycles. The Morgan fingerprint density at radius 3 is 2.70 bits per heavy atom. The van der Waals surface area contributed by atoms with Gasteiger partial charge in [-0.05, 0) is 25.1 Å². The Morgan fingerprint density at radius 2 is 2.09 bits per heavy atom. The van der Waals surface area contributed by atoms with E-state index < -0.39 is 17.8 Å². The van der Waals surface area contributed by atoms with E-state index >= 15 is 0 Å². The van der Waals surface area contributed by atoms with Gasteiger partial charge in [0.2, 0.25) is 0 Å². The van der Waals surface area contributed by atoms with Crippen molar-refractivity contribution in [2.24, 2.45) is 4.99 Å². The zero-order valence-electron chi connectivity index (χ0n) is 12.6. The van der Waals surface area contributed by atoms with E-state index in [2.05, 4.69) is 10.3 Å². The fraction of sp³-hybridized carbons (Fsp3) is 0.333. The number of oxazole rings is 1. The van der Waals surface area contributed by atoms with Crippen molar-refractivity contribution >= 4 is 6.03 Å². The molecule has 23 heavy (non-hydrogen) atoms. The Labute approximate surface area is 130 Å². The van der Waals surface area contributed by atoms with Crippen molar-refractivity contribution in [3.8, 4) is 5.69 Å². The molecule has 8 heteroatoms. The molecule has 0 spiro atoms. The van der Waals surface area contributed by atoms with Crippen molar-refractivity contribution in [1.82, 2.24) is 9.88 Å². The van der Waals surface area contributed by atoms with Crippen molar-refractivity contribution in [2.75, 3.05) is 6.54 Å². The zero-order valence-corrected chi connectivity index (χ0v) is 12.6. The lowest BCUT2D eigenvalue weighted by Crippen LogP contribution is -2.24. The highest BCUT2D eigenvalue weighted by atomic mass is 19.4. The molecule has 0 aliphatic rings. The first-order valence-electron chi connectivity index (χ1n) is 7.06. The standard InChI is InChI=1S/C15H16F3N3O2/c1-3-12-9-21(14(23-12)20-13(22)19-4-2)11-7-5-6-10(8-11)15(16,17)18/h5-9H,3-4H2,1-2H3,(H,19,22). The van der Waals surface area contributed by atoms with Gasteiger partial charge in [0.05, 0.1) is 17.4 Å². The monoisotopic (exact) mass is 327 g/mol. The molecule has 0 aliphatic carbocycles. The summed E-state index contributed by atoms with van der Waals surface area (Å²) in [5.74, 6) is 0.505. The molecule has 2 amide bonds. The number of halogens is 3. The van der Waals surface area contributed by atoms with Crippen LogP contribution in [-0.2, 0) is 12.6 Å². The fourth-order valence-electron chi connectivity index (χ4n) is 1.93. The van der Waals surface area contributed by atoms with Gasteiger partial charge in [-0.25, -0.2) is 4.79 Å². The highest BCUT2D eigenvalue weighted by molar-refractivity contribution is 5.74. The minimum absolute atomic E-state index is 0.0767. The number of carbonyl (C=O) groups excluding carboxylic acids is 1. The number of aryl methyl sites for hydroxylation is 1. The molecule has 2 rings (SSSR count). The summed E-state index contributed by atoms with van der Waals surface area (Å²) in [5.41, 5.74) is -0.649. The van der Waals surface area contributed by atoms with Gasteiger partial charge >= 0.3 is 17.9 Å². The van der Waals surface area contributed by atoms with Crippen molar-refractivity contribution in [3.63, 3.8) is 0 Å². The van der Waals surface area contributed by atoms with Crippen molar-refractivity contribution < 1.29 is 22.4 Å². The number of benzene rings is 1. The second kappa shape index (κ2) is 6.72. The van der Waals surface area contributed by atoms with Crippen LogP contribution in [0.4, 0.5) is 18.0 Å². The van der Waals surface area contributed by atoms with E-state index in [0.29, 0.717) is 18.7 Å². The van der Waals surface area contributed by atoms with Crippen LogP contribution in [0.1, 0.15) is 25.2 Å². The maximum absolute atomic E-state index is 12.8. The van der Waals surface area contributed by atoms with Gasteiger partial charge in [-0.1, -0.05) is 13.0 Å². The number of nitrogens with one attached hydrogen (secondary N) is 1. The number of nitrogens with zero attached hydrogens (tertiary/aromatic N) is 2. The van der Waals surface area contributed by atoms with E-state index in [1.54, 1.807) is 6.92 Å². The van der Waals surface area contributed by atoms with E-state index in [9.17, 15) is 18.0 Å². The molecule has 5 nitrogen and oxygen atoms in total. The van der Waals surface area contributed by atoms with Gasteiger partial charge in [0.15, 0.2) is 0 Å². The number of aromatic nitrogens is 1. The molecule has 1 aromatic heterocycles. The van der Waals surface area contributed by atoms with Gasteiger partial charge in [0, 0.05) is 13.0 Å². The summed E-state index contributed by atoms with van der Waals surface area (Å²) in [5, 5.41) is 2.48. The number of amides is 2. The molecular formula is C15H16F3N3O2. The van der Waals surface area contributed by atoms with Gasteiger partial charge in [-0.3, -0.25) is 4.57 Å². The summed E-state index contributed by atoms with van der Waals surface area (Å²) in [6, 6.07) is 4.11. The number of alkyl halides is 3. The lowest BCUT2D eigenvalue weighted by Gasteiger charge is -2.08. The molecule has 1 N–H and O–H groups in total. The van der Waals surface area contributed by atoms with Gasteiger partial charge in [-0.2, -0.15) is 13.2 Å². The Hall–Kier alpha value is -2.51. The van der Waals surface area contributed by atoms with Crippen molar-refractivity contribution in [1.29, 1.82) is 0 Å². The summed E-state index contributed by atoms with van der Waals surface area (Å²) in [6.07, 6.45) is -2.41. The molecule has 0 aliphatic heterocycles. The van der Waals surface area contributed by atoms with Crippen molar-refractivity contribution in [2.45, 2.75) is 26.4 Å². The second-order valence-corrected chi connectivity index (χ2v) is 4.70. The molecule has 124 valence electrons. The van der Waals surface area contributed by atoms with Gasteiger partial charge < -0.3 is 9.73 Å². The van der Waals surface area contributed by atoms with Crippen LogP contribution in [-0.4, -0.2) is 17.1 Å². The third kappa shape index (κ3) is 4.02. The molecule has 0 unspecified atom stereocenters. The Morgan fingerprint density at radius 1 is 1.35 bits per heavy atom. The lowest BCUT2D eigenvalue weighted by atomic mass is 10.2. The Kier molecular flexibility index (Phi) is 4.92. The molecular weight excluding hydrogens is 311 g/mol. The predicted octanol–water partition coefficient (Wildman–Crippen LogP) is 3.28. The smallest absolute Gasteiger partial charge is 0.416 e. The van der Waals surface area contributed by atoms with Crippen LogP contribution in [0.25, 0.3) is 5.69 Å². The third-order valence-corrected chi connectivity index (χ3v) is 3.03. The Balaban J connectivity index is 2.55. The average molecular weight is 327 g/mol.